The molecule has 1 rings (SSSR count). The van der Waals surface area contributed by atoms with Gasteiger partial charge in [0.1, 0.15) is 6.33 Å². The van der Waals surface area contributed by atoms with Crippen molar-refractivity contribution in [1.29, 1.82) is 0 Å². The van der Waals surface area contributed by atoms with Crippen LogP contribution in [0.5, 0.6) is 6.01 Å². The van der Waals surface area contributed by atoms with Gasteiger partial charge in [0.25, 0.3) is 0 Å². The van der Waals surface area contributed by atoms with Crippen LogP contribution in [-0.4, -0.2) is 27.1 Å². The van der Waals surface area contributed by atoms with Gasteiger partial charge in [0.15, 0.2) is 0 Å². The standard InChI is InChI=1S/C5H3F3N4O2/c6-5(7,8)2(13)14-4-11-1-10-3(9)12-4/h1H,(H2,9,10,11,12). The fourth-order valence-corrected chi connectivity index (χ4v) is 0.483. The molecule has 0 amide bonds. The maximum atomic E-state index is 11.7. The summed E-state index contributed by atoms with van der Waals surface area (Å²) in [5.41, 5.74) is 5.01. The number of halogens is 3. The predicted molar refractivity (Wildman–Crippen MR) is 35.9 cm³/mol. The van der Waals surface area contributed by atoms with E-state index in [2.05, 4.69) is 19.7 Å². The normalized spacial score (nSPS) is 11.1. The number of nitrogens with zero attached hydrogens (tertiary/aromatic N) is 3. The van der Waals surface area contributed by atoms with Crippen LogP contribution in [-0.2, 0) is 4.79 Å². The Morgan fingerprint density at radius 3 is 2.57 bits per heavy atom. The largest absolute Gasteiger partial charge is 0.491 e. The van der Waals surface area contributed by atoms with E-state index in [1.54, 1.807) is 0 Å². The Balaban J connectivity index is 2.75. The van der Waals surface area contributed by atoms with Gasteiger partial charge in [-0.1, -0.05) is 0 Å². The van der Waals surface area contributed by atoms with E-state index in [0.717, 1.165) is 6.33 Å². The van der Waals surface area contributed by atoms with Gasteiger partial charge in [0.2, 0.25) is 5.95 Å². The Morgan fingerprint density at radius 2 is 2.07 bits per heavy atom. The summed E-state index contributed by atoms with van der Waals surface area (Å²) in [5.74, 6) is -2.76. The SMILES string of the molecule is Nc1ncnc(OC(=O)C(F)(F)F)n1. The molecule has 1 heterocycles. The molecule has 0 saturated carbocycles. The highest BCUT2D eigenvalue weighted by atomic mass is 19.4. The summed E-state index contributed by atoms with van der Waals surface area (Å²) in [4.78, 5) is 19.8. The first kappa shape index (κ1) is 10.2. The van der Waals surface area contributed by atoms with Crippen molar-refractivity contribution in [3.8, 4) is 6.01 Å². The lowest BCUT2D eigenvalue weighted by molar-refractivity contribution is -0.190. The van der Waals surface area contributed by atoms with Gasteiger partial charge in [-0.2, -0.15) is 23.1 Å². The molecule has 1 aromatic heterocycles. The number of hydrogen-bond donors (Lipinski definition) is 1. The van der Waals surface area contributed by atoms with E-state index < -0.39 is 18.2 Å². The maximum absolute atomic E-state index is 11.7. The van der Waals surface area contributed by atoms with Crippen molar-refractivity contribution >= 4 is 11.9 Å². The van der Waals surface area contributed by atoms with E-state index in [1.165, 1.54) is 0 Å². The first-order valence-corrected chi connectivity index (χ1v) is 3.13. The van der Waals surface area contributed by atoms with Crippen molar-refractivity contribution in [2.45, 2.75) is 6.18 Å². The first-order chi connectivity index (χ1) is 6.39. The molecule has 76 valence electrons. The molecule has 6 nitrogen and oxygen atoms in total. The number of rotatable bonds is 1. The number of ether oxygens (including phenoxy) is 1. The highest BCUT2D eigenvalue weighted by Gasteiger charge is 2.42. The number of alkyl halides is 3. The number of anilines is 1. The van der Waals surface area contributed by atoms with Crippen molar-refractivity contribution in [2.75, 3.05) is 5.73 Å². The number of hydrogen-bond acceptors (Lipinski definition) is 6. The third-order valence-electron chi connectivity index (χ3n) is 0.984. The molecule has 14 heavy (non-hydrogen) atoms. The van der Waals surface area contributed by atoms with Gasteiger partial charge in [0.05, 0.1) is 0 Å². The second-order valence-electron chi connectivity index (χ2n) is 2.01. The quantitative estimate of drug-likeness (QED) is 0.649. The Morgan fingerprint density at radius 1 is 1.43 bits per heavy atom. The molecule has 0 aliphatic heterocycles. The molecular weight excluding hydrogens is 205 g/mol. The Bertz CT molecular complexity index is 353. The van der Waals surface area contributed by atoms with Crippen molar-refractivity contribution in [2.24, 2.45) is 0 Å². The summed E-state index contributed by atoms with van der Waals surface area (Å²) in [5, 5.41) is 0. The molecule has 9 heteroatoms. The number of nitrogen functional groups attached to an aromatic ring is 1. The number of aromatic nitrogens is 3. The van der Waals surface area contributed by atoms with Gasteiger partial charge in [-0.25, -0.2) is 9.78 Å². The van der Waals surface area contributed by atoms with Crippen LogP contribution in [0.25, 0.3) is 0 Å². The van der Waals surface area contributed by atoms with E-state index in [9.17, 15) is 18.0 Å². The number of esters is 1. The number of carbonyl (C=O) groups excluding carboxylic acids is 1. The first-order valence-electron chi connectivity index (χ1n) is 3.13. The fourth-order valence-electron chi connectivity index (χ4n) is 0.483. The molecule has 0 aromatic carbocycles. The summed E-state index contributed by atoms with van der Waals surface area (Å²) in [6, 6.07) is -0.792. The fraction of sp³-hybridized carbons (Fsp3) is 0.200. The van der Waals surface area contributed by atoms with Crippen LogP contribution >= 0.6 is 0 Å². The highest BCUT2D eigenvalue weighted by molar-refractivity contribution is 5.77. The molecule has 0 fully saturated rings. The molecule has 2 N–H and O–H groups in total. The van der Waals surface area contributed by atoms with Crippen molar-refractivity contribution in [3.05, 3.63) is 6.33 Å². The molecule has 1 aromatic rings. The molecular formula is C5H3F3N4O2. The second-order valence-corrected chi connectivity index (χ2v) is 2.01. The van der Waals surface area contributed by atoms with Crippen molar-refractivity contribution < 1.29 is 22.7 Å². The molecule has 0 unspecified atom stereocenters. The zero-order chi connectivity index (χ0) is 10.8. The number of nitrogens with two attached hydrogens (primary N) is 1. The summed E-state index contributed by atoms with van der Waals surface area (Å²) in [7, 11) is 0. The lowest BCUT2D eigenvalue weighted by Gasteiger charge is -2.04. The highest BCUT2D eigenvalue weighted by Crippen LogP contribution is 2.17. The van der Waals surface area contributed by atoms with E-state index in [4.69, 9.17) is 5.73 Å². The average molecular weight is 208 g/mol. The molecule has 0 aliphatic rings. The molecule has 0 spiro atoms. The monoisotopic (exact) mass is 208 g/mol. The van der Waals surface area contributed by atoms with Gasteiger partial charge in [0, 0.05) is 0 Å². The minimum Gasteiger partial charge on any atom is -0.384 e. The van der Waals surface area contributed by atoms with Gasteiger partial charge < -0.3 is 10.5 Å². The van der Waals surface area contributed by atoms with Crippen molar-refractivity contribution in [3.63, 3.8) is 0 Å². The maximum Gasteiger partial charge on any atom is 0.491 e. The van der Waals surface area contributed by atoms with Crippen LogP contribution in [0.3, 0.4) is 0 Å². The minimum atomic E-state index is -5.10. The van der Waals surface area contributed by atoms with Crippen LogP contribution < -0.4 is 10.5 Å². The van der Waals surface area contributed by atoms with Crippen LogP contribution in [0.15, 0.2) is 6.33 Å². The zero-order valence-corrected chi connectivity index (χ0v) is 6.45. The molecule has 0 saturated heterocycles. The third-order valence-corrected chi connectivity index (χ3v) is 0.984. The summed E-state index contributed by atoms with van der Waals surface area (Å²) < 4.78 is 38.7. The zero-order valence-electron chi connectivity index (χ0n) is 6.45. The van der Waals surface area contributed by atoms with Gasteiger partial charge in [-0.05, 0) is 0 Å². The summed E-state index contributed by atoms with van der Waals surface area (Å²) in [6.07, 6.45) is -4.28. The van der Waals surface area contributed by atoms with Crippen LogP contribution in [0.1, 0.15) is 0 Å². The van der Waals surface area contributed by atoms with Crippen molar-refractivity contribution in [1.82, 2.24) is 15.0 Å². The van der Waals surface area contributed by atoms with E-state index in [-0.39, 0.29) is 5.95 Å². The van der Waals surface area contributed by atoms with E-state index >= 15 is 0 Å². The predicted octanol–water partition coefficient (Wildman–Crippen LogP) is -0.0785. The molecule has 0 aliphatic carbocycles. The van der Waals surface area contributed by atoms with E-state index in [1.807, 2.05) is 0 Å². The third kappa shape index (κ3) is 2.54. The molecule has 0 bridgehead atoms. The average Bonchev–Trinajstić information content (AvgIpc) is 2.02. The van der Waals surface area contributed by atoms with Crippen LogP contribution in [0.2, 0.25) is 0 Å². The lowest BCUT2D eigenvalue weighted by atomic mass is 10.7. The Kier molecular flexibility index (Phi) is 2.49. The number of carbonyl (C=O) groups is 1. The smallest absolute Gasteiger partial charge is 0.384 e. The topological polar surface area (TPSA) is 91.0 Å². The molecule has 0 radical (unpaired) electrons. The Hall–Kier alpha value is -1.93. The lowest BCUT2D eigenvalue weighted by Crippen LogP contribution is -2.28. The van der Waals surface area contributed by atoms with Crippen LogP contribution in [0.4, 0.5) is 19.1 Å². The molecule has 0 atom stereocenters. The van der Waals surface area contributed by atoms with Crippen LogP contribution in [0, 0.1) is 0 Å². The second kappa shape index (κ2) is 3.44. The summed E-state index contributed by atoms with van der Waals surface area (Å²) in [6.45, 7) is 0. The van der Waals surface area contributed by atoms with Gasteiger partial charge >= 0.3 is 18.2 Å². The minimum absolute atomic E-state index is 0.343. The summed E-state index contributed by atoms with van der Waals surface area (Å²) >= 11 is 0. The van der Waals surface area contributed by atoms with Gasteiger partial charge in [-0.15, -0.1) is 0 Å². The van der Waals surface area contributed by atoms with Gasteiger partial charge in [-0.3, -0.25) is 0 Å². The Labute approximate surface area is 74.9 Å². The van der Waals surface area contributed by atoms with E-state index in [0.29, 0.717) is 0 Å².